The van der Waals surface area contributed by atoms with Crippen molar-refractivity contribution in [3.8, 4) is 11.5 Å². The third kappa shape index (κ3) is 5.72. The molecule has 0 saturated heterocycles. The number of hydrogen-bond acceptors (Lipinski definition) is 4. The first-order chi connectivity index (χ1) is 15.2. The molecule has 0 radical (unpaired) electrons. The minimum atomic E-state index is -0.505. The molecule has 0 heterocycles. The molecule has 0 bridgehead atoms. The van der Waals surface area contributed by atoms with Crippen LogP contribution in [0.25, 0.3) is 0 Å². The number of anilines is 2. The highest BCUT2D eigenvalue weighted by molar-refractivity contribution is 6.05. The number of ether oxygens (including phenoxy) is 1. The molecule has 3 rings (SSSR count). The van der Waals surface area contributed by atoms with Gasteiger partial charge in [0.15, 0.2) is 0 Å². The fraction of sp³-hybridized carbons (Fsp3) is 0.160. The summed E-state index contributed by atoms with van der Waals surface area (Å²) in [6.45, 7) is 5.51. The number of amides is 3. The average Bonchev–Trinajstić information content (AvgIpc) is 2.76. The van der Waals surface area contributed by atoms with Crippen molar-refractivity contribution < 1.29 is 19.1 Å². The van der Waals surface area contributed by atoms with Gasteiger partial charge in [0.2, 0.25) is 11.8 Å². The summed E-state index contributed by atoms with van der Waals surface area (Å²) in [6, 6.07) is 18.5. The summed E-state index contributed by atoms with van der Waals surface area (Å²) in [6.07, 6.45) is 0. The molecule has 164 valence electrons. The molecule has 3 amide bonds. The van der Waals surface area contributed by atoms with Crippen molar-refractivity contribution >= 4 is 29.1 Å². The van der Waals surface area contributed by atoms with Crippen molar-refractivity contribution in [3.63, 3.8) is 0 Å². The molecule has 0 spiro atoms. The molecule has 0 aliphatic carbocycles. The maximum absolute atomic E-state index is 12.7. The van der Waals surface area contributed by atoms with Crippen LogP contribution >= 0.6 is 0 Å². The van der Waals surface area contributed by atoms with E-state index < -0.39 is 5.91 Å². The maximum Gasteiger partial charge on any atom is 0.255 e. The minimum absolute atomic E-state index is 0.0917. The summed E-state index contributed by atoms with van der Waals surface area (Å²) in [7, 11) is 0. The molecule has 7 nitrogen and oxygen atoms in total. The molecule has 0 aliphatic heterocycles. The molecule has 0 atom stereocenters. The maximum atomic E-state index is 12.7. The molecular weight excluding hydrogens is 406 g/mol. The summed E-state index contributed by atoms with van der Waals surface area (Å²) < 4.78 is 5.73. The quantitative estimate of drug-likeness (QED) is 0.502. The largest absolute Gasteiger partial charge is 0.457 e. The van der Waals surface area contributed by atoms with Gasteiger partial charge in [-0.15, -0.1) is 0 Å². The molecule has 0 aliphatic rings. The van der Waals surface area contributed by atoms with E-state index in [0.717, 1.165) is 5.56 Å². The highest BCUT2D eigenvalue weighted by Gasteiger charge is 2.11. The zero-order valence-electron chi connectivity index (χ0n) is 18.1. The summed E-state index contributed by atoms with van der Waals surface area (Å²) in [5, 5.41) is 5.71. The van der Waals surface area contributed by atoms with Crippen LogP contribution in [0.1, 0.15) is 40.1 Å². The Morgan fingerprint density at radius 3 is 1.91 bits per heavy atom. The van der Waals surface area contributed by atoms with E-state index in [9.17, 15) is 14.4 Å². The van der Waals surface area contributed by atoms with Crippen molar-refractivity contribution in [1.82, 2.24) is 0 Å². The van der Waals surface area contributed by atoms with Crippen LogP contribution < -0.4 is 21.1 Å². The Kier molecular flexibility index (Phi) is 6.90. The molecule has 0 aromatic heterocycles. The van der Waals surface area contributed by atoms with E-state index in [-0.39, 0.29) is 17.7 Å². The molecule has 0 fully saturated rings. The number of benzene rings is 3. The molecule has 0 unspecified atom stereocenters. The summed E-state index contributed by atoms with van der Waals surface area (Å²) in [4.78, 5) is 35.8. The summed E-state index contributed by atoms with van der Waals surface area (Å²) in [5.41, 5.74) is 8.20. The van der Waals surface area contributed by atoms with Crippen LogP contribution in [0.3, 0.4) is 0 Å². The molecule has 0 saturated carbocycles. The topological polar surface area (TPSA) is 111 Å². The van der Waals surface area contributed by atoms with Gasteiger partial charge in [0, 0.05) is 28.4 Å². The van der Waals surface area contributed by atoms with Crippen molar-refractivity contribution in [2.24, 2.45) is 11.7 Å². The number of aryl methyl sites for hydroxylation is 1. The lowest BCUT2D eigenvalue weighted by Crippen LogP contribution is -2.18. The number of nitrogens with one attached hydrogen (secondary N) is 2. The van der Waals surface area contributed by atoms with Crippen LogP contribution in [0.2, 0.25) is 0 Å². The van der Waals surface area contributed by atoms with Crippen LogP contribution in [0.15, 0.2) is 66.7 Å². The first-order valence-electron chi connectivity index (χ1n) is 10.1. The van der Waals surface area contributed by atoms with E-state index in [4.69, 9.17) is 10.5 Å². The first kappa shape index (κ1) is 22.6. The van der Waals surface area contributed by atoms with Gasteiger partial charge < -0.3 is 21.1 Å². The van der Waals surface area contributed by atoms with E-state index in [1.54, 1.807) is 60.7 Å². The number of carbonyl (C=O) groups excluding carboxylic acids is 3. The zero-order valence-corrected chi connectivity index (χ0v) is 18.1. The standard InChI is InChI=1S/C25H25N3O4/c1-15(2)24(30)27-19-9-4-16(3)22(14-19)28-25(31)18-7-12-21(13-8-18)32-20-10-5-17(6-11-20)23(26)29/h4-15H,1-3H3,(H2,26,29)(H,27,30)(H,28,31). The number of primary amides is 1. The number of hydrogen-bond donors (Lipinski definition) is 3. The Morgan fingerprint density at radius 2 is 1.38 bits per heavy atom. The molecule has 3 aromatic rings. The van der Waals surface area contributed by atoms with Crippen LogP contribution in [-0.4, -0.2) is 17.7 Å². The zero-order chi connectivity index (χ0) is 23.3. The second-order valence-corrected chi connectivity index (χ2v) is 7.64. The smallest absolute Gasteiger partial charge is 0.255 e. The Labute approximate surface area is 186 Å². The summed E-state index contributed by atoms with van der Waals surface area (Å²) >= 11 is 0. The van der Waals surface area contributed by atoms with E-state index in [1.165, 1.54) is 0 Å². The van der Waals surface area contributed by atoms with E-state index in [2.05, 4.69) is 10.6 Å². The van der Waals surface area contributed by atoms with E-state index in [1.807, 2.05) is 26.8 Å². The average molecular weight is 431 g/mol. The van der Waals surface area contributed by atoms with Gasteiger partial charge in [0.05, 0.1) is 0 Å². The van der Waals surface area contributed by atoms with Crippen molar-refractivity contribution in [2.45, 2.75) is 20.8 Å². The third-order valence-electron chi connectivity index (χ3n) is 4.77. The molecule has 7 heteroatoms. The minimum Gasteiger partial charge on any atom is -0.457 e. The van der Waals surface area contributed by atoms with Crippen molar-refractivity contribution in [1.29, 1.82) is 0 Å². The lowest BCUT2D eigenvalue weighted by atomic mass is 10.1. The van der Waals surface area contributed by atoms with Crippen LogP contribution in [0, 0.1) is 12.8 Å². The van der Waals surface area contributed by atoms with Gasteiger partial charge in [0.1, 0.15) is 11.5 Å². The van der Waals surface area contributed by atoms with Gasteiger partial charge in [0.25, 0.3) is 5.91 Å². The second kappa shape index (κ2) is 9.78. The van der Waals surface area contributed by atoms with Gasteiger partial charge in [-0.25, -0.2) is 0 Å². The molecule has 3 aromatic carbocycles. The summed E-state index contributed by atoms with van der Waals surface area (Å²) in [5.74, 6) is 0.0704. The van der Waals surface area contributed by atoms with Crippen LogP contribution in [0.4, 0.5) is 11.4 Å². The Bertz CT molecular complexity index is 1140. The fourth-order valence-electron chi connectivity index (χ4n) is 2.81. The van der Waals surface area contributed by atoms with Gasteiger partial charge >= 0.3 is 0 Å². The van der Waals surface area contributed by atoms with Crippen LogP contribution in [-0.2, 0) is 4.79 Å². The predicted molar refractivity (Wildman–Crippen MR) is 124 cm³/mol. The van der Waals surface area contributed by atoms with E-state index >= 15 is 0 Å². The normalized spacial score (nSPS) is 10.5. The number of nitrogens with two attached hydrogens (primary N) is 1. The van der Waals surface area contributed by atoms with Crippen LogP contribution in [0.5, 0.6) is 11.5 Å². The van der Waals surface area contributed by atoms with Crippen molar-refractivity contribution in [2.75, 3.05) is 10.6 Å². The predicted octanol–water partition coefficient (Wildman–Crippen LogP) is 4.73. The lowest BCUT2D eigenvalue weighted by molar-refractivity contribution is -0.118. The lowest BCUT2D eigenvalue weighted by Gasteiger charge is -2.13. The van der Waals surface area contributed by atoms with E-state index in [0.29, 0.717) is 34.0 Å². The number of carbonyl (C=O) groups is 3. The fourth-order valence-corrected chi connectivity index (χ4v) is 2.81. The Morgan fingerprint density at radius 1 is 0.812 bits per heavy atom. The molecule has 4 N–H and O–H groups in total. The Balaban J connectivity index is 1.67. The molecular formula is C25H25N3O4. The van der Waals surface area contributed by atoms with Gasteiger partial charge in [-0.3, -0.25) is 14.4 Å². The second-order valence-electron chi connectivity index (χ2n) is 7.64. The molecule has 32 heavy (non-hydrogen) atoms. The first-order valence-corrected chi connectivity index (χ1v) is 10.1. The third-order valence-corrected chi connectivity index (χ3v) is 4.77. The van der Waals surface area contributed by atoms with Gasteiger partial charge in [-0.05, 0) is 73.2 Å². The SMILES string of the molecule is Cc1ccc(NC(=O)C(C)C)cc1NC(=O)c1ccc(Oc2ccc(C(N)=O)cc2)cc1. The van der Waals surface area contributed by atoms with Crippen molar-refractivity contribution in [3.05, 3.63) is 83.4 Å². The highest BCUT2D eigenvalue weighted by Crippen LogP contribution is 2.24. The van der Waals surface area contributed by atoms with Gasteiger partial charge in [-0.1, -0.05) is 19.9 Å². The highest BCUT2D eigenvalue weighted by atomic mass is 16.5. The monoisotopic (exact) mass is 431 g/mol. The van der Waals surface area contributed by atoms with Gasteiger partial charge in [-0.2, -0.15) is 0 Å². The number of rotatable bonds is 7. The Hall–Kier alpha value is -4.13.